The third-order valence-corrected chi connectivity index (χ3v) is 3.38. The molecule has 3 atom stereocenters. The van der Waals surface area contributed by atoms with E-state index in [2.05, 4.69) is 25.7 Å². The standard InChI is InChI=1S/C12H26N2/c1-4-12(5-6-13)14-8-10(2)7-11(3)9-14/h10-12H,4-9,13H2,1-3H3. The molecule has 0 saturated carbocycles. The van der Waals surface area contributed by atoms with E-state index < -0.39 is 0 Å². The van der Waals surface area contributed by atoms with E-state index in [0.717, 1.165) is 30.8 Å². The molecule has 1 saturated heterocycles. The molecule has 0 aromatic rings. The first kappa shape index (κ1) is 12.0. The third-order valence-electron chi connectivity index (χ3n) is 3.38. The highest BCUT2D eigenvalue weighted by Gasteiger charge is 2.25. The fraction of sp³-hybridized carbons (Fsp3) is 1.00. The molecule has 0 aromatic heterocycles. The molecule has 3 unspecified atom stereocenters. The first-order chi connectivity index (χ1) is 6.67. The van der Waals surface area contributed by atoms with Gasteiger partial charge in [0.05, 0.1) is 0 Å². The zero-order chi connectivity index (χ0) is 10.6. The maximum Gasteiger partial charge on any atom is 0.0105 e. The van der Waals surface area contributed by atoms with Crippen molar-refractivity contribution in [3.05, 3.63) is 0 Å². The van der Waals surface area contributed by atoms with Gasteiger partial charge in [0, 0.05) is 19.1 Å². The van der Waals surface area contributed by atoms with Crippen molar-refractivity contribution in [2.45, 2.75) is 46.1 Å². The Morgan fingerprint density at radius 1 is 1.29 bits per heavy atom. The van der Waals surface area contributed by atoms with Crippen molar-refractivity contribution < 1.29 is 0 Å². The summed E-state index contributed by atoms with van der Waals surface area (Å²) in [5.74, 6) is 1.73. The molecular weight excluding hydrogens is 172 g/mol. The van der Waals surface area contributed by atoms with Gasteiger partial charge in [0.1, 0.15) is 0 Å². The number of nitrogens with two attached hydrogens (primary N) is 1. The Kier molecular flexibility index (Phi) is 4.90. The van der Waals surface area contributed by atoms with E-state index in [1.165, 1.54) is 25.9 Å². The minimum absolute atomic E-state index is 0.727. The Balaban J connectivity index is 2.47. The number of nitrogens with zero attached hydrogens (tertiary/aromatic N) is 1. The van der Waals surface area contributed by atoms with E-state index in [0.29, 0.717) is 0 Å². The van der Waals surface area contributed by atoms with Gasteiger partial charge in [0.2, 0.25) is 0 Å². The molecule has 1 aliphatic heterocycles. The predicted molar refractivity (Wildman–Crippen MR) is 62.3 cm³/mol. The lowest BCUT2D eigenvalue weighted by atomic mass is 9.90. The average Bonchev–Trinajstić information content (AvgIpc) is 2.12. The molecule has 2 N–H and O–H groups in total. The maximum atomic E-state index is 5.65. The first-order valence-corrected chi connectivity index (χ1v) is 6.11. The van der Waals surface area contributed by atoms with Crippen molar-refractivity contribution in [2.24, 2.45) is 17.6 Å². The minimum Gasteiger partial charge on any atom is -0.330 e. The van der Waals surface area contributed by atoms with E-state index in [-0.39, 0.29) is 0 Å². The van der Waals surface area contributed by atoms with Gasteiger partial charge in [-0.1, -0.05) is 20.8 Å². The van der Waals surface area contributed by atoms with Crippen molar-refractivity contribution in [2.75, 3.05) is 19.6 Å². The minimum atomic E-state index is 0.727. The van der Waals surface area contributed by atoms with Crippen LogP contribution in [0.4, 0.5) is 0 Å². The highest BCUT2D eigenvalue weighted by atomic mass is 15.2. The second-order valence-corrected chi connectivity index (χ2v) is 5.04. The number of likely N-dealkylation sites (tertiary alicyclic amines) is 1. The summed E-state index contributed by atoms with van der Waals surface area (Å²) in [5.41, 5.74) is 5.65. The van der Waals surface area contributed by atoms with E-state index in [1.807, 2.05) is 0 Å². The van der Waals surface area contributed by atoms with Crippen LogP contribution in [0, 0.1) is 11.8 Å². The van der Waals surface area contributed by atoms with Crippen LogP contribution >= 0.6 is 0 Å². The summed E-state index contributed by atoms with van der Waals surface area (Å²) in [4.78, 5) is 2.66. The quantitative estimate of drug-likeness (QED) is 0.749. The van der Waals surface area contributed by atoms with Gasteiger partial charge in [0.25, 0.3) is 0 Å². The Morgan fingerprint density at radius 2 is 1.86 bits per heavy atom. The van der Waals surface area contributed by atoms with Gasteiger partial charge in [-0.25, -0.2) is 0 Å². The molecule has 14 heavy (non-hydrogen) atoms. The highest BCUT2D eigenvalue weighted by molar-refractivity contribution is 4.80. The molecule has 0 bridgehead atoms. The van der Waals surface area contributed by atoms with Crippen LogP contribution in [0.15, 0.2) is 0 Å². The fourth-order valence-electron chi connectivity index (χ4n) is 2.85. The average molecular weight is 198 g/mol. The zero-order valence-corrected chi connectivity index (χ0v) is 10.00. The monoisotopic (exact) mass is 198 g/mol. The second kappa shape index (κ2) is 5.72. The highest BCUT2D eigenvalue weighted by Crippen LogP contribution is 2.24. The second-order valence-electron chi connectivity index (χ2n) is 5.04. The molecule has 2 heteroatoms. The number of hydrogen-bond acceptors (Lipinski definition) is 2. The van der Waals surface area contributed by atoms with E-state index in [1.54, 1.807) is 0 Å². The molecule has 1 heterocycles. The van der Waals surface area contributed by atoms with E-state index in [9.17, 15) is 0 Å². The van der Waals surface area contributed by atoms with Crippen molar-refractivity contribution in [3.63, 3.8) is 0 Å². The maximum absolute atomic E-state index is 5.65. The summed E-state index contributed by atoms with van der Waals surface area (Å²) in [7, 11) is 0. The summed E-state index contributed by atoms with van der Waals surface area (Å²) in [5, 5.41) is 0. The van der Waals surface area contributed by atoms with Gasteiger partial charge in [-0.05, 0) is 37.6 Å². The first-order valence-electron chi connectivity index (χ1n) is 6.11. The van der Waals surface area contributed by atoms with Crippen LogP contribution in [0.3, 0.4) is 0 Å². The molecule has 84 valence electrons. The van der Waals surface area contributed by atoms with Gasteiger partial charge in [-0.15, -0.1) is 0 Å². The van der Waals surface area contributed by atoms with Gasteiger partial charge in [-0.3, -0.25) is 4.90 Å². The topological polar surface area (TPSA) is 29.3 Å². The van der Waals surface area contributed by atoms with Crippen LogP contribution in [0.25, 0.3) is 0 Å². The van der Waals surface area contributed by atoms with Gasteiger partial charge < -0.3 is 5.73 Å². The normalized spacial score (nSPS) is 31.7. The molecule has 1 rings (SSSR count). The SMILES string of the molecule is CCC(CCN)N1CC(C)CC(C)C1. The van der Waals surface area contributed by atoms with Gasteiger partial charge >= 0.3 is 0 Å². The fourth-order valence-corrected chi connectivity index (χ4v) is 2.85. The van der Waals surface area contributed by atoms with Crippen molar-refractivity contribution >= 4 is 0 Å². The van der Waals surface area contributed by atoms with Crippen LogP contribution in [0.5, 0.6) is 0 Å². The Bertz CT molecular complexity index is 148. The molecule has 0 amide bonds. The Morgan fingerprint density at radius 3 is 2.29 bits per heavy atom. The molecule has 1 aliphatic rings. The molecule has 2 nitrogen and oxygen atoms in total. The number of piperidine rings is 1. The van der Waals surface area contributed by atoms with Crippen molar-refractivity contribution in [1.82, 2.24) is 4.90 Å². The summed E-state index contributed by atoms with van der Waals surface area (Å²) >= 11 is 0. The molecule has 0 spiro atoms. The Labute approximate surface area is 88.8 Å². The van der Waals surface area contributed by atoms with Crippen molar-refractivity contribution in [1.29, 1.82) is 0 Å². The zero-order valence-electron chi connectivity index (χ0n) is 10.00. The lowest BCUT2D eigenvalue weighted by Gasteiger charge is -2.40. The molecular formula is C12H26N2. The molecule has 0 aliphatic carbocycles. The van der Waals surface area contributed by atoms with Crippen LogP contribution in [0.2, 0.25) is 0 Å². The summed E-state index contributed by atoms with van der Waals surface area (Å²) < 4.78 is 0. The molecule has 0 radical (unpaired) electrons. The lowest BCUT2D eigenvalue weighted by Crippen LogP contribution is -2.45. The summed E-state index contributed by atoms with van der Waals surface area (Å²) in [6.45, 7) is 10.4. The van der Waals surface area contributed by atoms with Crippen LogP contribution in [-0.4, -0.2) is 30.6 Å². The Hall–Kier alpha value is -0.0800. The van der Waals surface area contributed by atoms with Gasteiger partial charge in [-0.2, -0.15) is 0 Å². The summed E-state index contributed by atoms with van der Waals surface area (Å²) in [6.07, 6.45) is 3.81. The van der Waals surface area contributed by atoms with Crippen molar-refractivity contribution in [3.8, 4) is 0 Å². The largest absolute Gasteiger partial charge is 0.330 e. The third kappa shape index (κ3) is 3.25. The number of rotatable bonds is 4. The van der Waals surface area contributed by atoms with E-state index >= 15 is 0 Å². The van der Waals surface area contributed by atoms with E-state index in [4.69, 9.17) is 5.73 Å². The smallest absolute Gasteiger partial charge is 0.0105 e. The molecule has 1 fully saturated rings. The van der Waals surface area contributed by atoms with Gasteiger partial charge in [0.15, 0.2) is 0 Å². The van der Waals surface area contributed by atoms with Crippen LogP contribution in [0.1, 0.15) is 40.0 Å². The number of hydrogen-bond donors (Lipinski definition) is 1. The predicted octanol–water partition coefficient (Wildman–Crippen LogP) is 2.09. The summed E-state index contributed by atoms with van der Waals surface area (Å²) in [6, 6.07) is 0.727. The molecule has 0 aromatic carbocycles. The lowest BCUT2D eigenvalue weighted by molar-refractivity contribution is 0.0897. The van der Waals surface area contributed by atoms with Crippen LogP contribution < -0.4 is 5.73 Å². The van der Waals surface area contributed by atoms with Crippen LogP contribution in [-0.2, 0) is 0 Å².